The summed E-state index contributed by atoms with van der Waals surface area (Å²) < 4.78 is 155. The molecule has 0 saturated carbocycles. The maximum atomic E-state index is 13.0. The Morgan fingerprint density at radius 3 is 1.25 bits per heavy atom. The fraction of sp³-hybridized carbons (Fsp3) is 1.00. The number of hydrogen-bond donors (Lipinski definition) is 1. The van der Waals surface area contributed by atoms with Gasteiger partial charge in [0.05, 0.1) is 0 Å². The van der Waals surface area contributed by atoms with E-state index in [4.69, 9.17) is 5.11 Å². The molecule has 0 radical (unpaired) electrons. The molecule has 0 spiro atoms. The van der Waals surface area contributed by atoms with Crippen molar-refractivity contribution in [2.75, 3.05) is 13.2 Å². The molecule has 0 atom stereocenters. The number of hydrogen-bond acceptors (Lipinski definition) is 2. The molecule has 0 aliphatic carbocycles. The lowest BCUT2D eigenvalue weighted by atomic mass is 10.0. The van der Waals surface area contributed by atoms with Crippen LogP contribution in [0.1, 0.15) is 13.3 Å². The summed E-state index contributed by atoms with van der Waals surface area (Å²) >= 11 is 0. The molecule has 0 aromatic heterocycles. The van der Waals surface area contributed by atoms with Crippen molar-refractivity contribution in [1.29, 1.82) is 0 Å². The van der Waals surface area contributed by atoms with E-state index in [1.165, 1.54) is 0 Å². The quantitative estimate of drug-likeness (QED) is 0.599. The third-order valence-electron chi connectivity index (χ3n) is 2.77. The van der Waals surface area contributed by atoms with Gasteiger partial charge in [-0.15, -0.1) is 0 Å². The van der Waals surface area contributed by atoms with Crippen LogP contribution in [0.4, 0.5) is 52.7 Å². The number of alkyl halides is 12. The van der Waals surface area contributed by atoms with Gasteiger partial charge in [0.2, 0.25) is 0 Å². The van der Waals surface area contributed by atoms with E-state index in [0.29, 0.717) is 6.92 Å². The molecular formula is C10H10F12O2. The van der Waals surface area contributed by atoms with Gasteiger partial charge >= 0.3 is 35.7 Å². The zero-order valence-electron chi connectivity index (χ0n) is 11.5. The molecule has 1 N–H and O–H groups in total. The van der Waals surface area contributed by atoms with Crippen LogP contribution in [0.25, 0.3) is 0 Å². The van der Waals surface area contributed by atoms with Gasteiger partial charge in [0.1, 0.15) is 13.2 Å². The summed E-state index contributed by atoms with van der Waals surface area (Å²) in [5.74, 6) is -29.6. The Bertz CT molecular complexity index is 428. The summed E-state index contributed by atoms with van der Waals surface area (Å²) in [6, 6.07) is 0. The van der Waals surface area contributed by atoms with Crippen LogP contribution >= 0.6 is 0 Å². The first-order chi connectivity index (χ1) is 10.3. The van der Waals surface area contributed by atoms with Crippen LogP contribution in [0.5, 0.6) is 0 Å². The zero-order valence-corrected chi connectivity index (χ0v) is 11.5. The van der Waals surface area contributed by atoms with Gasteiger partial charge in [-0.25, -0.2) is 0 Å². The zero-order chi connectivity index (χ0) is 19.8. The van der Waals surface area contributed by atoms with Gasteiger partial charge < -0.3 is 9.84 Å². The molecule has 0 rings (SSSR count). The highest BCUT2D eigenvalue weighted by atomic mass is 19.4. The molecule has 0 unspecified atom stereocenters. The lowest BCUT2D eigenvalue weighted by Gasteiger charge is -2.33. The fourth-order valence-electron chi connectivity index (χ4n) is 1.20. The summed E-state index contributed by atoms with van der Waals surface area (Å²) in [7, 11) is 0. The largest absolute Gasteiger partial charge is 0.423 e. The molecule has 0 aliphatic heterocycles. The van der Waals surface area contributed by atoms with E-state index >= 15 is 0 Å². The molecule has 2 nitrogen and oxygen atoms in total. The third-order valence-corrected chi connectivity index (χ3v) is 2.77. The minimum Gasteiger partial charge on any atom is -0.368 e. The average molecular weight is 390 g/mol. The van der Waals surface area contributed by atoms with Gasteiger partial charge in [0.25, 0.3) is 0 Å². The molecule has 0 saturated heterocycles. The minimum atomic E-state index is -6.49. The van der Waals surface area contributed by atoms with Crippen molar-refractivity contribution in [3.63, 3.8) is 0 Å². The van der Waals surface area contributed by atoms with E-state index in [1.54, 1.807) is 0 Å². The van der Waals surface area contributed by atoms with Crippen LogP contribution in [0.2, 0.25) is 0 Å². The monoisotopic (exact) mass is 390 g/mol. The van der Waals surface area contributed by atoms with E-state index in [1.807, 2.05) is 0 Å². The summed E-state index contributed by atoms with van der Waals surface area (Å²) in [6.45, 7) is -5.46. The number of halogens is 12. The standard InChI is InChI=1S/C10H10F12O2/c1-2-5(11,12)8(17,18)6(13,14)3-24-4-7(15,16)9(19,20)10(21,22)23/h23H,2-4H2,1H3. The second-order valence-corrected chi connectivity index (χ2v) is 4.65. The normalized spacial score (nSPS) is 15.8. The molecule has 0 bridgehead atoms. The molecule has 0 aromatic rings. The average Bonchev–Trinajstić information content (AvgIpc) is 2.36. The maximum Gasteiger partial charge on any atom is 0.423 e. The first-order valence-corrected chi connectivity index (χ1v) is 5.84. The topological polar surface area (TPSA) is 29.5 Å². The van der Waals surface area contributed by atoms with Gasteiger partial charge in [-0.3, -0.25) is 0 Å². The van der Waals surface area contributed by atoms with Crippen molar-refractivity contribution < 1.29 is 62.5 Å². The lowest BCUT2D eigenvalue weighted by Crippen LogP contribution is -2.58. The first-order valence-electron chi connectivity index (χ1n) is 5.84. The second-order valence-electron chi connectivity index (χ2n) is 4.65. The van der Waals surface area contributed by atoms with Crippen molar-refractivity contribution in [2.45, 2.75) is 49.1 Å². The molecule has 0 aliphatic rings. The van der Waals surface area contributed by atoms with Crippen LogP contribution in [-0.4, -0.2) is 54.0 Å². The van der Waals surface area contributed by atoms with E-state index in [0.717, 1.165) is 0 Å². The smallest absolute Gasteiger partial charge is 0.368 e. The van der Waals surface area contributed by atoms with Crippen LogP contribution in [-0.2, 0) is 4.74 Å². The van der Waals surface area contributed by atoms with Crippen LogP contribution in [0.15, 0.2) is 0 Å². The van der Waals surface area contributed by atoms with Crippen LogP contribution < -0.4 is 0 Å². The van der Waals surface area contributed by atoms with E-state index in [-0.39, 0.29) is 0 Å². The van der Waals surface area contributed by atoms with Crippen molar-refractivity contribution >= 4 is 0 Å². The van der Waals surface area contributed by atoms with Crippen LogP contribution in [0, 0.1) is 0 Å². The minimum absolute atomic E-state index is 0.406. The molecule has 146 valence electrons. The SMILES string of the molecule is CCC(F)(F)C(F)(F)C(F)(F)COCC(F)(F)C(F)(F)C(O)(F)F. The Morgan fingerprint density at radius 1 is 0.625 bits per heavy atom. The van der Waals surface area contributed by atoms with Crippen molar-refractivity contribution in [1.82, 2.24) is 0 Å². The Balaban J connectivity index is 5.10. The summed E-state index contributed by atoms with van der Waals surface area (Å²) in [5, 5.41) is 7.62. The highest BCUT2D eigenvalue weighted by molar-refractivity contribution is 4.96. The van der Waals surface area contributed by atoms with E-state index in [9.17, 15) is 52.7 Å². The number of rotatable bonds is 9. The highest BCUT2D eigenvalue weighted by Gasteiger charge is 2.73. The maximum absolute atomic E-state index is 13.0. The predicted molar refractivity (Wildman–Crippen MR) is 53.0 cm³/mol. The van der Waals surface area contributed by atoms with Gasteiger partial charge in [0.15, 0.2) is 0 Å². The molecule has 24 heavy (non-hydrogen) atoms. The van der Waals surface area contributed by atoms with Crippen molar-refractivity contribution in [2.24, 2.45) is 0 Å². The van der Waals surface area contributed by atoms with Crippen molar-refractivity contribution in [3.8, 4) is 0 Å². The Kier molecular flexibility index (Phi) is 6.18. The van der Waals surface area contributed by atoms with E-state index < -0.39 is 55.4 Å². The highest BCUT2D eigenvalue weighted by Crippen LogP contribution is 2.48. The second kappa shape index (κ2) is 6.42. The number of aliphatic hydroxyl groups is 1. The Labute approximate surface area is 126 Å². The van der Waals surface area contributed by atoms with Gasteiger partial charge in [-0.2, -0.15) is 52.7 Å². The van der Waals surface area contributed by atoms with Crippen LogP contribution in [0.3, 0.4) is 0 Å². The summed E-state index contributed by atoms with van der Waals surface area (Å²) in [5.41, 5.74) is 0. The first kappa shape index (κ1) is 23.1. The number of ether oxygens (including phenoxy) is 1. The summed E-state index contributed by atoms with van der Waals surface area (Å²) in [4.78, 5) is 0. The molecule has 0 fully saturated rings. The van der Waals surface area contributed by atoms with Gasteiger partial charge in [-0.05, 0) is 0 Å². The molecule has 0 aromatic carbocycles. The van der Waals surface area contributed by atoms with Gasteiger partial charge in [-0.1, -0.05) is 6.92 Å². The predicted octanol–water partition coefficient (Wildman–Crippen LogP) is 4.17. The lowest BCUT2D eigenvalue weighted by molar-refractivity contribution is -0.391. The summed E-state index contributed by atoms with van der Waals surface area (Å²) in [6.07, 6.45) is -8.07. The fourth-order valence-corrected chi connectivity index (χ4v) is 1.20. The molecular weight excluding hydrogens is 380 g/mol. The molecule has 0 heterocycles. The molecule has 0 amide bonds. The van der Waals surface area contributed by atoms with Gasteiger partial charge in [0, 0.05) is 6.42 Å². The molecule has 14 heteroatoms. The van der Waals surface area contributed by atoms with Crippen molar-refractivity contribution in [3.05, 3.63) is 0 Å². The van der Waals surface area contributed by atoms with E-state index in [2.05, 4.69) is 4.74 Å². The Morgan fingerprint density at radius 2 is 0.958 bits per heavy atom. The Hall–Kier alpha value is -0.920. The third kappa shape index (κ3) is 4.00.